The Labute approximate surface area is 72.3 Å². The van der Waals surface area contributed by atoms with Gasteiger partial charge in [-0.15, -0.1) is 0 Å². The SMILES string of the molecule is C[C@@H](CO)CCC(N)S(=O)(=O)O. The summed E-state index contributed by atoms with van der Waals surface area (Å²) < 4.78 is 29.3. The first-order chi connectivity index (χ1) is 5.38. The molecule has 0 aromatic rings. The average molecular weight is 197 g/mol. The maximum Gasteiger partial charge on any atom is 0.280 e. The van der Waals surface area contributed by atoms with Gasteiger partial charge in [-0.05, 0) is 18.8 Å². The number of nitrogens with two attached hydrogens (primary N) is 1. The Morgan fingerprint density at radius 1 is 1.42 bits per heavy atom. The van der Waals surface area contributed by atoms with Crippen LogP contribution in [0.15, 0.2) is 0 Å². The molecule has 5 nitrogen and oxygen atoms in total. The van der Waals surface area contributed by atoms with Crippen molar-refractivity contribution in [1.29, 1.82) is 0 Å². The zero-order valence-electron chi connectivity index (χ0n) is 6.97. The molecule has 0 heterocycles. The van der Waals surface area contributed by atoms with Gasteiger partial charge in [0.05, 0.1) is 0 Å². The predicted molar refractivity (Wildman–Crippen MR) is 45.0 cm³/mol. The molecular formula is C6H15NO4S. The summed E-state index contributed by atoms with van der Waals surface area (Å²) in [6, 6.07) is 0. The van der Waals surface area contributed by atoms with Crippen LogP contribution < -0.4 is 5.73 Å². The van der Waals surface area contributed by atoms with E-state index >= 15 is 0 Å². The molecule has 12 heavy (non-hydrogen) atoms. The Kier molecular flexibility index (Phi) is 4.69. The minimum Gasteiger partial charge on any atom is -0.396 e. The Morgan fingerprint density at radius 3 is 2.25 bits per heavy atom. The third-order valence-corrected chi connectivity index (χ3v) is 2.64. The summed E-state index contributed by atoms with van der Waals surface area (Å²) in [4.78, 5) is 0. The van der Waals surface area contributed by atoms with E-state index in [9.17, 15) is 8.42 Å². The molecule has 0 amide bonds. The lowest BCUT2D eigenvalue weighted by molar-refractivity contribution is 0.227. The van der Waals surface area contributed by atoms with Crippen molar-refractivity contribution in [3.05, 3.63) is 0 Å². The summed E-state index contributed by atoms with van der Waals surface area (Å²) in [7, 11) is -4.11. The van der Waals surface area contributed by atoms with Gasteiger partial charge in [-0.1, -0.05) is 6.92 Å². The summed E-state index contributed by atoms with van der Waals surface area (Å²) in [5.74, 6) is 0.0119. The number of rotatable bonds is 5. The Morgan fingerprint density at radius 2 is 1.92 bits per heavy atom. The lowest BCUT2D eigenvalue weighted by Crippen LogP contribution is -2.30. The fraction of sp³-hybridized carbons (Fsp3) is 1.00. The van der Waals surface area contributed by atoms with E-state index in [0.717, 1.165) is 0 Å². The van der Waals surface area contributed by atoms with Crippen molar-refractivity contribution in [2.45, 2.75) is 25.1 Å². The Bertz CT molecular complexity index is 214. The van der Waals surface area contributed by atoms with Gasteiger partial charge in [0, 0.05) is 6.61 Å². The van der Waals surface area contributed by atoms with E-state index in [1.807, 2.05) is 0 Å². The standard InChI is InChI=1S/C6H15NO4S/c1-5(4-8)2-3-6(7)12(9,10)11/h5-6,8H,2-4,7H2,1H3,(H,9,10,11)/t5-,6?/m1/s1. The second-order valence-electron chi connectivity index (χ2n) is 2.92. The monoisotopic (exact) mass is 197 g/mol. The highest BCUT2D eigenvalue weighted by Gasteiger charge is 2.17. The van der Waals surface area contributed by atoms with E-state index in [1.165, 1.54) is 0 Å². The molecule has 0 aliphatic carbocycles. The molecule has 0 bridgehead atoms. The maximum atomic E-state index is 10.4. The Hall–Kier alpha value is -0.170. The van der Waals surface area contributed by atoms with E-state index in [4.69, 9.17) is 15.4 Å². The van der Waals surface area contributed by atoms with E-state index in [-0.39, 0.29) is 18.9 Å². The van der Waals surface area contributed by atoms with Gasteiger partial charge in [-0.3, -0.25) is 4.55 Å². The molecule has 0 fully saturated rings. The predicted octanol–water partition coefficient (Wildman–Crippen LogP) is -0.432. The van der Waals surface area contributed by atoms with Crippen LogP contribution in [0.25, 0.3) is 0 Å². The van der Waals surface area contributed by atoms with Crippen LogP contribution in [-0.4, -0.2) is 30.1 Å². The Balaban J connectivity index is 3.80. The van der Waals surface area contributed by atoms with Crippen LogP contribution in [-0.2, 0) is 10.1 Å². The van der Waals surface area contributed by atoms with E-state index in [2.05, 4.69) is 0 Å². The minimum atomic E-state index is -4.11. The normalized spacial score (nSPS) is 17.3. The molecule has 0 spiro atoms. The van der Waals surface area contributed by atoms with Gasteiger partial charge in [0.1, 0.15) is 5.37 Å². The summed E-state index contributed by atoms with van der Waals surface area (Å²) in [5.41, 5.74) is 5.13. The molecule has 4 N–H and O–H groups in total. The minimum absolute atomic E-state index is 0.00179. The number of hydrogen-bond donors (Lipinski definition) is 3. The third-order valence-electron chi connectivity index (χ3n) is 1.64. The lowest BCUT2D eigenvalue weighted by atomic mass is 10.1. The third kappa shape index (κ3) is 4.66. The molecular weight excluding hydrogens is 182 g/mol. The first-order valence-electron chi connectivity index (χ1n) is 3.70. The van der Waals surface area contributed by atoms with Crippen LogP contribution in [0.4, 0.5) is 0 Å². The van der Waals surface area contributed by atoms with Crippen LogP contribution in [0.3, 0.4) is 0 Å². The van der Waals surface area contributed by atoms with E-state index < -0.39 is 15.5 Å². The van der Waals surface area contributed by atoms with Gasteiger partial charge in [-0.25, -0.2) is 0 Å². The first kappa shape index (κ1) is 11.8. The molecule has 0 saturated heterocycles. The molecule has 0 aromatic heterocycles. The molecule has 0 saturated carbocycles. The summed E-state index contributed by atoms with van der Waals surface area (Å²) >= 11 is 0. The van der Waals surface area contributed by atoms with Crippen LogP contribution in [0.5, 0.6) is 0 Å². The summed E-state index contributed by atoms with van der Waals surface area (Å²) in [6.07, 6.45) is 0.651. The maximum absolute atomic E-state index is 10.4. The summed E-state index contributed by atoms with van der Waals surface area (Å²) in [6.45, 7) is 1.77. The molecule has 0 aliphatic heterocycles. The fourth-order valence-corrected chi connectivity index (χ4v) is 1.12. The highest BCUT2D eigenvalue weighted by Crippen LogP contribution is 2.08. The van der Waals surface area contributed by atoms with Gasteiger partial charge in [0.2, 0.25) is 0 Å². The molecule has 0 radical (unpaired) electrons. The van der Waals surface area contributed by atoms with E-state index in [1.54, 1.807) is 6.92 Å². The van der Waals surface area contributed by atoms with Crippen molar-refractivity contribution in [2.75, 3.05) is 6.61 Å². The van der Waals surface area contributed by atoms with Gasteiger partial charge in [0.15, 0.2) is 0 Å². The second kappa shape index (κ2) is 4.76. The lowest BCUT2D eigenvalue weighted by Gasteiger charge is -2.10. The topological polar surface area (TPSA) is 101 Å². The van der Waals surface area contributed by atoms with Crippen molar-refractivity contribution >= 4 is 10.1 Å². The zero-order chi connectivity index (χ0) is 9.78. The van der Waals surface area contributed by atoms with Gasteiger partial charge >= 0.3 is 0 Å². The summed E-state index contributed by atoms with van der Waals surface area (Å²) in [5, 5.41) is 7.37. The van der Waals surface area contributed by atoms with Gasteiger partial charge in [-0.2, -0.15) is 8.42 Å². The smallest absolute Gasteiger partial charge is 0.280 e. The van der Waals surface area contributed by atoms with Crippen molar-refractivity contribution in [2.24, 2.45) is 11.7 Å². The van der Waals surface area contributed by atoms with Crippen molar-refractivity contribution in [1.82, 2.24) is 0 Å². The second-order valence-corrected chi connectivity index (χ2v) is 4.55. The van der Waals surface area contributed by atoms with Crippen LogP contribution in [0, 0.1) is 5.92 Å². The van der Waals surface area contributed by atoms with Gasteiger partial charge < -0.3 is 10.8 Å². The quantitative estimate of drug-likeness (QED) is 0.519. The van der Waals surface area contributed by atoms with Crippen LogP contribution in [0.2, 0.25) is 0 Å². The largest absolute Gasteiger partial charge is 0.396 e. The van der Waals surface area contributed by atoms with Crippen molar-refractivity contribution in [3.8, 4) is 0 Å². The van der Waals surface area contributed by atoms with E-state index in [0.29, 0.717) is 6.42 Å². The van der Waals surface area contributed by atoms with Gasteiger partial charge in [0.25, 0.3) is 10.1 Å². The molecule has 0 rings (SSSR count). The zero-order valence-corrected chi connectivity index (χ0v) is 7.79. The molecule has 6 heteroatoms. The molecule has 2 atom stereocenters. The molecule has 0 aromatic carbocycles. The van der Waals surface area contributed by atoms with Crippen molar-refractivity contribution < 1.29 is 18.1 Å². The highest BCUT2D eigenvalue weighted by atomic mass is 32.2. The van der Waals surface area contributed by atoms with Crippen molar-refractivity contribution in [3.63, 3.8) is 0 Å². The fourth-order valence-electron chi connectivity index (χ4n) is 0.689. The first-order valence-corrected chi connectivity index (χ1v) is 5.21. The molecule has 1 unspecified atom stereocenters. The average Bonchev–Trinajstić information content (AvgIpc) is 1.97. The van der Waals surface area contributed by atoms with Crippen LogP contribution >= 0.6 is 0 Å². The highest BCUT2D eigenvalue weighted by molar-refractivity contribution is 7.86. The number of aliphatic hydroxyl groups is 1. The van der Waals surface area contributed by atoms with Crippen LogP contribution in [0.1, 0.15) is 19.8 Å². The molecule has 0 aliphatic rings. The molecule has 74 valence electrons. The number of hydrogen-bond acceptors (Lipinski definition) is 4. The number of aliphatic hydroxyl groups excluding tert-OH is 1.